The van der Waals surface area contributed by atoms with Crippen molar-refractivity contribution in [1.29, 1.82) is 0 Å². The quantitative estimate of drug-likeness (QED) is 0.722. The Labute approximate surface area is 180 Å². The molecule has 4 rings (SSSR count). The van der Waals surface area contributed by atoms with Crippen LogP contribution in [-0.2, 0) is 4.79 Å². The number of piperidine rings is 1. The van der Waals surface area contributed by atoms with Crippen molar-refractivity contribution >= 4 is 29.1 Å². The fourth-order valence-electron chi connectivity index (χ4n) is 4.19. The second-order valence-corrected chi connectivity index (χ2v) is 9.28. The molecule has 1 fully saturated rings. The monoisotopic (exact) mass is 425 g/mol. The predicted molar refractivity (Wildman–Crippen MR) is 117 cm³/mol. The summed E-state index contributed by atoms with van der Waals surface area (Å²) in [4.78, 5) is 42.5. The predicted octanol–water partition coefficient (Wildman–Crippen LogP) is 3.24. The van der Waals surface area contributed by atoms with Crippen LogP contribution in [0.4, 0.5) is 0 Å². The summed E-state index contributed by atoms with van der Waals surface area (Å²) in [6.45, 7) is 6.40. The van der Waals surface area contributed by atoms with Gasteiger partial charge in [-0.2, -0.15) is 0 Å². The van der Waals surface area contributed by atoms with Crippen LogP contribution in [0.25, 0.3) is 0 Å². The molecule has 158 valence electrons. The first-order valence-corrected chi connectivity index (χ1v) is 11.3. The van der Waals surface area contributed by atoms with Crippen molar-refractivity contribution in [3.63, 3.8) is 0 Å². The molecule has 3 heterocycles. The van der Waals surface area contributed by atoms with Gasteiger partial charge < -0.3 is 5.32 Å². The van der Waals surface area contributed by atoms with E-state index in [0.29, 0.717) is 17.7 Å². The van der Waals surface area contributed by atoms with Crippen LogP contribution in [0.15, 0.2) is 35.7 Å². The number of nitrogens with zero attached hydrogens (tertiary/aromatic N) is 2. The first-order valence-electron chi connectivity index (χ1n) is 10.4. The highest BCUT2D eigenvalue weighted by atomic mass is 32.1. The molecule has 0 saturated carbocycles. The number of hydrogen-bond donors (Lipinski definition) is 1. The summed E-state index contributed by atoms with van der Waals surface area (Å²) in [6, 6.07) is 9.42. The lowest BCUT2D eigenvalue weighted by Gasteiger charge is -2.36. The number of likely N-dealkylation sites (tertiary alicyclic amines) is 1. The summed E-state index contributed by atoms with van der Waals surface area (Å²) in [5.74, 6) is -0.371. The fourth-order valence-corrected chi connectivity index (χ4v) is 5.05. The molecule has 1 aromatic heterocycles. The van der Waals surface area contributed by atoms with E-state index < -0.39 is 11.8 Å². The molecule has 3 amide bonds. The number of nitrogens with one attached hydrogen (secondary N) is 1. The standard InChI is InChI=1S/C23H27N3O3S/c1-15-7-9-25(10-8-15)19(20-4-3-11-30-20)13-24-21(27)14-26-22(28)17-6-5-16(2)12-18(17)23(26)29/h3-6,11-12,15,19H,7-10,13-14H2,1-2H3,(H,24,27). The summed E-state index contributed by atoms with van der Waals surface area (Å²) < 4.78 is 0. The smallest absolute Gasteiger partial charge is 0.262 e. The Morgan fingerprint density at radius 3 is 2.60 bits per heavy atom. The molecule has 1 unspecified atom stereocenters. The maximum atomic E-state index is 12.6. The Morgan fingerprint density at radius 2 is 1.90 bits per heavy atom. The Bertz CT molecular complexity index is 949. The maximum absolute atomic E-state index is 12.6. The lowest BCUT2D eigenvalue weighted by Crippen LogP contribution is -2.45. The number of carbonyl (C=O) groups is 3. The largest absolute Gasteiger partial charge is 0.353 e. The van der Waals surface area contributed by atoms with Crippen LogP contribution < -0.4 is 5.32 Å². The Balaban J connectivity index is 1.40. The number of fused-ring (bicyclic) bond motifs is 1. The van der Waals surface area contributed by atoms with Crippen molar-refractivity contribution in [3.05, 3.63) is 57.3 Å². The molecular formula is C23H27N3O3S. The Kier molecular flexibility index (Phi) is 6.01. The third-order valence-electron chi connectivity index (χ3n) is 6.05. The molecule has 30 heavy (non-hydrogen) atoms. The number of benzene rings is 1. The van der Waals surface area contributed by atoms with Gasteiger partial charge >= 0.3 is 0 Å². The first kappa shape index (κ1) is 20.8. The summed E-state index contributed by atoms with van der Waals surface area (Å²) in [5.41, 5.74) is 1.67. The minimum absolute atomic E-state index is 0.117. The number of carbonyl (C=O) groups excluding carboxylic acids is 3. The van der Waals surface area contributed by atoms with Gasteiger partial charge in [0.25, 0.3) is 11.8 Å². The summed E-state index contributed by atoms with van der Waals surface area (Å²) in [7, 11) is 0. The van der Waals surface area contributed by atoms with Gasteiger partial charge in [0.1, 0.15) is 6.54 Å². The zero-order valence-electron chi connectivity index (χ0n) is 17.4. The molecule has 1 saturated heterocycles. The number of rotatable bonds is 6. The van der Waals surface area contributed by atoms with E-state index in [1.165, 1.54) is 4.88 Å². The third-order valence-corrected chi connectivity index (χ3v) is 7.02. The number of amides is 3. The van der Waals surface area contributed by atoms with Crippen molar-refractivity contribution < 1.29 is 14.4 Å². The fraction of sp³-hybridized carbons (Fsp3) is 0.435. The van der Waals surface area contributed by atoms with E-state index in [0.717, 1.165) is 42.3 Å². The van der Waals surface area contributed by atoms with Crippen LogP contribution in [0, 0.1) is 12.8 Å². The van der Waals surface area contributed by atoms with Crippen LogP contribution in [0.1, 0.15) is 57.0 Å². The normalized spacial score (nSPS) is 18.5. The zero-order chi connectivity index (χ0) is 21.3. The Morgan fingerprint density at radius 1 is 1.17 bits per heavy atom. The molecule has 0 aliphatic carbocycles. The van der Waals surface area contributed by atoms with E-state index in [1.807, 2.05) is 13.0 Å². The van der Waals surface area contributed by atoms with Crippen LogP contribution in [0.3, 0.4) is 0 Å². The van der Waals surface area contributed by atoms with Crippen molar-refractivity contribution in [2.24, 2.45) is 5.92 Å². The molecule has 2 aromatic rings. The van der Waals surface area contributed by atoms with Gasteiger partial charge in [0.05, 0.1) is 17.2 Å². The van der Waals surface area contributed by atoms with Gasteiger partial charge in [-0.25, -0.2) is 0 Å². The summed E-state index contributed by atoms with van der Waals surface area (Å²) in [6.07, 6.45) is 2.31. The van der Waals surface area contributed by atoms with Gasteiger partial charge in [0.15, 0.2) is 0 Å². The van der Waals surface area contributed by atoms with E-state index in [2.05, 4.69) is 28.6 Å². The van der Waals surface area contributed by atoms with Gasteiger partial charge in [0, 0.05) is 11.4 Å². The van der Waals surface area contributed by atoms with Gasteiger partial charge in [-0.05, 0) is 62.4 Å². The zero-order valence-corrected chi connectivity index (χ0v) is 18.2. The number of aryl methyl sites for hydroxylation is 1. The van der Waals surface area contributed by atoms with Gasteiger partial charge in [-0.3, -0.25) is 24.2 Å². The van der Waals surface area contributed by atoms with E-state index in [9.17, 15) is 14.4 Å². The van der Waals surface area contributed by atoms with Gasteiger partial charge in [0.2, 0.25) is 5.91 Å². The van der Waals surface area contributed by atoms with Crippen LogP contribution in [-0.4, -0.2) is 53.7 Å². The first-order chi connectivity index (χ1) is 14.4. The average molecular weight is 426 g/mol. The highest BCUT2D eigenvalue weighted by Crippen LogP contribution is 2.29. The molecule has 0 spiro atoms. The molecule has 6 nitrogen and oxygen atoms in total. The highest BCUT2D eigenvalue weighted by molar-refractivity contribution is 7.10. The lowest BCUT2D eigenvalue weighted by atomic mass is 9.97. The molecule has 1 N–H and O–H groups in total. The average Bonchev–Trinajstić information content (AvgIpc) is 3.33. The molecule has 1 atom stereocenters. The van der Waals surface area contributed by atoms with E-state index in [4.69, 9.17) is 0 Å². The molecule has 7 heteroatoms. The van der Waals surface area contributed by atoms with Crippen molar-refractivity contribution in [2.75, 3.05) is 26.2 Å². The Hall–Kier alpha value is -2.51. The number of thiophene rings is 1. The van der Waals surface area contributed by atoms with Gasteiger partial charge in [-0.1, -0.05) is 24.6 Å². The van der Waals surface area contributed by atoms with Crippen molar-refractivity contribution in [2.45, 2.75) is 32.7 Å². The molecule has 2 aliphatic heterocycles. The molecule has 2 aliphatic rings. The molecule has 0 bridgehead atoms. The van der Waals surface area contributed by atoms with Gasteiger partial charge in [-0.15, -0.1) is 11.3 Å². The van der Waals surface area contributed by atoms with Crippen LogP contribution >= 0.6 is 11.3 Å². The number of imide groups is 1. The SMILES string of the molecule is Cc1ccc2c(c1)C(=O)N(CC(=O)NCC(c1cccs1)N1CCC(C)CC1)C2=O. The van der Waals surface area contributed by atoms with Crippen molar-refractivity contribution in [1.82, 2.24) is 15.1 Å². The van der Waals surface area contributed by atoms with E-state index >= 15 is 0 Å². The lowest BCUT2D eigenvalue weighted by molar-refractivity contribution is -0.121. The molecular weight excluding hydrogens is 398 g/mol. The molecule has 1 aromatic carbocycles. The van der Waals surface area contributed by atoms with Crippen LogP contribution in [0.5, 0.6) is 0 Å². The highest BCUT2D eigenvalue weighted by Gasteiger charge is 2.36. The summed E-state index contributed by atoms with van der Waals surface area (Å²) >= 11 is 1.69. The third kappa shape index (κ3) is 4.18. The molecule has 0 radical (unpaired) electrons. The van der Waals surface area contributed by atoms with Crippen LogP contribution in [0.2, 0.25) is 0 Å². The maximum Gasteiger partial charge on any atom is 0.262 e. The topological polar surface area (TPSA) is 69.7 Å². The second kappa shape index (κ2) is 8.70. The number of hydrogen-bond acceptors (Lipinski definition) is 5. The van der Waals surface area contributed by atoms with Crippen molar-refractivity contribution in [3.8, 4) is 0 Å². The minimum Gasteiger partial charge on any atom is -0.353 e. The van der Waals surface area contributed by atoms with E-state index in [1.54, 1.807) is 29.5 Å². The van der Waals surface area contributed by atoms with E-state index in [-0.39, 0.29) is 18.5 Å². The second-order valence-electron chi connectivity index (χ2n) is 8.30. The minimum atomic E-state index is -0.398. The summed E-state index contributed by atoms with van der Waals surface area (Å²) in [5, 5.41) is 5.02.